The molecule has 1 aromatic rings. The van der Waals surface area contributed by atoms with Crippen molar-refractivity contribution in [2.45, 2.75) is 75.1 Å². The van der Waals surface area contributed by atoms with Crippen LogP contribution >= 0.6 is 0 Å². The highest BCUT2D eigenvalue weighted by Gasteiger charge is 2.48. The minimum Gasteiger partial charge on any atom is -0.493 e. The summed E-state index contributed by atoms with van der Waals surface area (Å²) in [6.45, 7) is 5.55. The summed E-state index contributed by atoms with van der Waals surface area (Å²) >= 11 is 0. The standard InChI is InChI=1S/C22H35N5O4S/c1-4-9-17-19-20(26(3)25-17)22(28)24-21(23-19)16-14-15(10-11-18(16)31-5-2)32(29,30)27-12-7-6-8-13-27/h10-11,14,17,19-21,23,25H,4-9,12-13H2,1-3H3,(H,24,28). The molecule has 0 bridgehead atoms. The van der Waals surface area contributed by atoms with E-state index in [1.807, 2.05) is 19.0 Å². The van der Waals surface area contributed by atoms with Crippen LogP contribution in [0.4, 0.5) is 0 Å². The first-order valence-electron chi connectivity index (χ1n) is 11.7. The van der Waals surface area contributed by atoms with Gasteiger partial charge in [-0.1, -0.05) is 19.8 Å². The molecule has 1 aromatic carbocycles. The maximum absolute atomic E-state index is 13.3. The van der Waals surface area contributed by atoms with Crippen LogP contribution in [0.3, 0.4) is 0 Å². The summed E-state index contributed by atoms with van der Waals surface area (Å²) in [5.41, 5.74) is 4.03. The monoisotopic (exact) mass is 465 g/mol. The number of hydrogen-bond donors (Lipinski definition) is 3. The van der Waals surface area contributed by atoms with Crippen molar-refractivity contribution in [2.24, 2.45) is 0 Å². The second-order valence-electron chi connectivity index (χ2n) is 8.81. The second kappa shape index (κ2) is 9.64. The Balaban J connectivity index is 1.67. The van der Waals surface area contributed by atoms with Gasteiger partial charge in [0, 0.05) is 31.7 Å². The van der Waals surface area contributed by atoms with Crippen LogP contribution in [-0.2, 0) is 14.8 Å². The molecule has 3 heterocycles. The Morgan fingerprint density at radius 2 is 1.91 bits per heavy atom. The Kier molecular flexibility index (Phi) is 7.06. The molecule has 3 aliphatic rings. The third kappa shape index (κ3) is 4.38. The van der Waals surface area contributed by atoms with Crippen molar-refractivity contribution < 1.29 is 17.9 Å². The number of piperidine rings is 1. The van der Waals surface area contributed by atoms with Gasteiger partial charge in [0.25, 0.3) is 0 Å². The number of nitrogens with one attached hydrogen (secondary N) is 3. The zero-order valence-corrected chi connectivity index (χ0v) is 20.0. The molecule has 0 aromatic heterocycles. The average molecular weight is 466 g/mol. The number of carbonyl (C=O) groups excluding carboxylic acids is 1. The van der Waals surface area contributed by atoms with E-state index in [4.69, 9.17) is 4.74 Å². The van der Waals surface area contributed by atoms with Crippen LogP contribution in [0.1, 0.15) is 57.7 Å². The van der Waals surface area contributed by atoms with Gasteiger partial charge in [0.1, 0.15) is 18.0 Å². The number of hydrazine groups is 1. The molecule has 0 spiro atoms. The number of amides is 1. The fourth-order valence-electron chi connectivity index (χ4n) is 5.07. The Morgan fingerprint density at radius 3 is 2.59 bits per heavy atom. The average Bonchev–Trinajstić information content (AvgIpc) is 3.10. The first-order chi connectivity index (χ1) is 15.4. The molecule has 1 amide bonds. The Bertz CT molecular complexity index is 934. The fourth-order valence-corrected chi connectivity index (χ4v) is 6.62. The minimum atomic E-state index is -3.60. The molecule has 3 fully saturated rings. The number of sulfonamides is 1. The van der Waals surface area contributed by atoms with Gasteiger partial charge < -0.3 is 10.1 Å². The van der Waals surface area contributed by atoms with E-state index in [0.717, 1.165) is 32.1 Å². The van der Waals surface area contributed by atoms with Gasteiger partial charge in [-0.3, -0.25) is 10.1 Å². The third-order valence-corrected chi connectivity index (χ3v) is 8.51. The van der Waals surface area contributed by atoms with Crippen molar-refractivity contribution in [1.29, 1.82) is 0 Å². The number of nitrogens with zero attached hydrogens (tertiary/aromatic N) is 2. The van der Waals surface area contributed by atoms with Gasteiger partial charge in [-0.05, 0) is 44.4 Å². The first kappa shape index (κ1) is 23.4. The largest absolute Gasteiger partial charge is 0.493 e. The van der Waals surface area contributed by atoms with Crippen molar-refractivity contribution in [1.82, 2.24) is 25.4 Å². The van der Waals surface area contributed by atoms with Crippen molar-refractivity contribution in [3.63, 3.8) is 0 Å². The number of carbonyl (C=O) groups is 1. The van der Waals surface area contributed by atoms with Gasteiger partial charge in [-0.15, -0.1) is 0 Å². The second-order valence-corrected chi connectivity index (χ2v) is 10.7. The maximum Gasteiger partial charge on any atom is 0.243 e. The molecule has 3 aliphatic heterocycles. The summed E-state index contributed by atoms with van der Waals surface area (Å²) in [6.07, 6.45) is 4.21. The van der Waals surface area contributed by atoms with E-state index >= 15 is 0 Å². The zero-order valence-electron chi connectivity index (χ0n) is 19.1. The summed E-state index contributed by atoms with van der Waals surface area (Å²) < 4.78 is 33.9. The number of likely N-dealkylation sites (N-methyl/N-ethyl adjacent to an activating group) is 1. The van der Waals surface area contributed by atoms with Crippen molar-refractivity contribution in [3.8, 4) is 5.75 Å². The van der Waals surface area contributed by atoms with Gasteiger partial charge in [0.2, 0.25) is 15.9 Å². The molecule has 4 atom stereocenters. The lowest BCUT2D eigenvalue weighted by atomic mass is 9.94. The normalized spacial score (nSPS) is 29.5. The molecule has 10 heteroatoms. The van der Waals surface area contributed by atoms with E-state index in [0.29, 0.717) is 31.0 Å². The lowest BCUT2D eigenvalue weighted by Gasteiger charge is -2.37. The SMILES string of the molecule is CCCC1NN(C)C2C(=O)NC(c3cc(S(=O)(=O)N4CCCCC4)ccc3OCC)NC12. The van der Waals surface area contributed by atoms with E-state index in [-0.39, 0.29) is 28.9 Å². The Hall–Kier alpha value is -1.72. The molecule has 4 rings (SSSR count). The van der Waals surface area contributed by atoms with Crippen LogP contribution < -0.4 is 20.8 Å². The number of fused-ring (bicyclic) bond motifs is 1. The zero-order chi connectivity index (χ0) is 22.9. The van der Waals surface area contributed by atoms with Gasteiger partial charge in [-0.25, -0.2) is 18.9 Å². The van der Waals surface area contributed by atoms with E-state index < -0.39 is 16.2 Å². The summed E-state index contributed by atoms with van der Waals surface area (Å²) in [5, 5.41) is 8.46. The fraction of sp³-hybridized carbons (Fsp3) is 0.682. The number of benzene rings is 1. The molecular weight excluding hydrogens is 430 g/mol. The van der Waals surface area contributed by atoms with E-state index in [1.165, 1.54) is 0 Å². The Labute approximate surface area is 190 Å². The minimum absolute atomic E-state index is 0.0842. The molecule has 4 unspecified atom stereocenters. The van der Waals surface area contributed by atoms with E-state index in [2.05, 4.69) is 23.0 Å². The molecular formula is C22H35N5O4S. The predicted octanol–water partition coefficient (Wildman–Crippen LogP) is 1.33. The number of rotatable bonds is 7. The van der Waals surface area contributed by atoms with Crippen molar-refractivity contribution >= 4 is 15.9 Å². The highest BCUT2D eigenvalue weighted by Crippen LogP contribution is 2.33. The van der Waals surface area contributed by atoms with Crippen molar-refractivity contribution in [3.05, 3.63) is 23.8 Å². The highest BCUT2D eigenvalue weighted by atomic mass is 32.2. The summed E-state index contributed by atoms with van der Waals surface area (Å²) in [7, 11) is -1.72. The lowest BCUT2D eigenvalue weighted by molar-refractivity contribution is -0.129. The first-order valence-corrected chi connectivity index (χ1v) is 13.1. The molecule has 3 N–H and O–H groups in total. The van der Waals surface area contributed by atoms with Crippen LogP contribution in [0, 0.1) is 0 Å². The quantitative estimate of drug-likeness (QED) is 0.558. The molecule has 178 valence electrons. The molecule has 9 nitrogen and oxygen atoms in total. The lowest BCUT2D eigenvalue weighted by Crippen LogP contribution is -2.62. The van der Waals surface area contributed by atoms with Gasteiger partial charge in [0.05, 0.1) is 17.5 Å². The van der Waals surface area contributed by atoms with Crippen molar-refractivity contribution in [2.75, 3.05) is 26.7 Å². The molecule has 0 radical (unpaired) electrons. The molecule has 0 saturated carbocycles. The van der Waals surface area contributed by atoms with Crippen LogP contribution in [0.25, 0.3) is 0 Å². The summed E-state index contributed by atoms with van der Waals surface area (Å²) in [4.78, 5) is 13.3. The smallest absolute Gasteiger partial charge is 0.243 e. The molecule has 32 heavy (non-hydrogen) atoms. The Morgan fingerprint density at radius 1 is 1.16 bits per heavy atom. The van der Waals surface area contributed by atoms with E-state index in [1.54, 1.807) is 22.5 Å². The third-order valence-electron chi connectivity index (χ3n) is 6.62. The van der Waals surface area contributed by atoms with Crippen LogP contribution in [0.15, 0.2) is 23.1 Å². The number of hydrogen-bond acceptors (Lipinski definition) is 7. The van der Waals surface area contributed by atoms with Gasteiger partial charge in [0.15, 0.2) is 0 Å². The number of ether oxygens (including phenoxy) is 1. The van der Waals surface area contributed by atoms with E-state index in [9.17, 15) is 13.2 Å². The van der Waals surface area contributed by atoms with Crippen LogP contribution in [-0.4, -0.2) is 68.5 Å². The summed E-state index contributed by atoms with van der Waals surface area (Å²) in [5.74, 6) is 0.492. The summed E-state index contributed by atoms with van der Waals surface area (Å²) in [6, 6.07) is 4.69. The molecule has 3 saturated heterocycles. The van der Waals surface area contributed by atoms with Gasteiger partial charge >= 0.3 is 0 Å². The van der Waals surface area contributed by atoms with Crippen LogP contribution in [0.5, 0.6) is 5.75 Å². The maximum atomic E-state index is 13.3. The predicted molar refractivity (Wildman–Crippen MR) is 121 cm³/mol. The highest BCUT2D eigenvalue weighted by molar-refractivity contribution is 7.89. The van der Waals surface area contributed by atoms with Gasteiger partial charge in [-0.2, -0.15) is 4.31 Å². The van der Waals surface area contributed by atoms with Crippen LogP contribution in [0.2, 0.25) is 0 Å². The molecule has 0 aliphatic carbocycles. The topological polar surface area (TPSA) is 103 Å².